The maximum Gasteiger partial charge on any atom is 0.310 e. The lowest BCUT2D eigenvalue weighted by Crippen LogP contribution is -2.48. The first kappa shape index (κ1) is 17.4. The highest BCUT2D eigenvalue weighted by atomic mass is 32.1. The highest BCUT2D eigenvalue weighted by Crippen LogP contribution is 2.24. The summed E-state index contributed by atoms with van der Waals surface area (Å²) in [5.74, 6) is -0.515. The average molecular weight is 335 g/mol. The van der Waals surface area contributed by atoms with Crippen molar-refractivity contribution in [2.24, 2.45) is 5.92 Å². The van der Waals surface area contributed by atoms with Gasteiger partial charge in [0.2, 0.25) is 5.91 Å². The van der Waals surface area contributed by atoms with Gasteiger partial charge in [-0.25, -0.2) is 0 Å². The van der Waals surface area contributed by atoms with Crippen LogP contribution in [0.2, 0.25) is 0 Å². The van der Waals surface area contributed by atoms with Crippen LogP contribution in [-0.4, -0.2) is 42.5 Å². The molecule has 2 rings (SSSR count). The zero-order valence-electron chi connectivity index (χ0n) is 13.4. The van der Waals surface area contributed by atoms with Gasteiger partial charge < -0.3 is 10.1 Å². The molecule has 23 heavy (non-hydrogen) atoms. The van der Waals surface area contributed by atoms with Gasteiger partial charge in [-0.05, 0) is 44.7 Å². The monoisotopic (exact) mass is 335 g/mol. The number of carbonyl (C=O) groups excluding carboxylic acids is 2. The molecule has 1 N–H and O–H groups in total. The van der Waals surface area contributed by atoms with Crippen molar-refractivity contribution in [2.45, 2.75) is 32.7 Å². The van der Waals surface area contributed by atoms with E-state index in [9.17, 15) is 9.59 Å². The van der Waals surface area contributed by atoms with Crippen LogP contribution < -0.4 is 5.32 Å². The second kappa shape index (κ2) is 8.09. The van der Waals surface area contributed by atoms with Crippen LogP contribution in [-0.2, 0) is 14.3 Å². The van der Waals surface area contributed by atoms with E-state index in [4.69, 9.17) is 10.00 Å². The third-order valence-corrected chi connectivity index (χ3v) is 4.85. The lowest BCUT2D eigenvalue weighted by atomic mass is 9.97. The Morgan fingerprint density at radius 2 is 2.39 bits per heavy atom. The molecule has 1 aliphatic rings. The van der Waals surface area contributed by atoms with Crippen molar-refractivity contribution < 1.29 is 14.3 Å². The molecule has 2 heterocycles. The van der Waals surface area contributed by atoms with E-state index in [1.54, 1.807) is 18.4 Å². The lowest BCUT2D eigenvalue weighted by Gasteiger charge is -2.34. The van der Waals surface area contributed by atoms with Gasteiger partial charge in [0.15, 0.2) is 0 Å². The van der Waals surface area contributed by atoms with E-state index >= 15 is 0 Å². The number of ether oxygens (including phenoxy) is 1. The topological polar surface area (TPSA) is 82.4 Å². The summed E-state index contributed by atoms with van der Waals surface area (Å²) >= 11 is 1.33. The maximum absolute atomic E-state index is 12.4. The second-order valence-electron chi connectivity index (χ2n) is 5.53. The molecule has 7 heteroatoms. The molecule has 0 aromatic carbocycles. The molecule has 124 valence electrons. The molecule has 0 saturated carbocycles. The minimum atomic E-state index is -0.360. The summed E-state index contributed by atoms with van der Waals surface area (Å²) in [6.45, 7) is 5.30. The Bertz CT molecular complexity index is 608. The number of hydrogen-bond donors (Lipinski definition) is 1. The lowest BCUT2D eigenvalue weighted by molar-refractivity contribution is -0.150. The van der Waals surface area contributed by atoms with Crippen LogP contribution in [0.3, 0.4) is 0 Å². The van der Waals surface area contributed by atoms with Gasteiger partial charge in [-0.1, -0.05) is 0 Å². The van der Waals surface area contributed by atoms with Gasteiger partial charge in [0.25, 0.3) is 0 Å². The van der Waals surface area contributed by atoms with Gasteiger partial charge >= 0.3 is 5.97 Å². The number of nitrogens with zero attached hydrogens (tertiary/aromatic N) is 2. The van der Waals surface area contributed by atoms with Gasteiger partial charge in [0.1, 0.15) is 11.1 Å². The van der Waals surface area contributed by atoms with Gasteiger partial charge in [0.05, 0.1) is 24.1 Å². The van der Waals surface area contributed by atoms with Gasteiger partial charge in [-0.3, -0.25) is 14.5 Å². The number of rotatable bonds is 5. The van der Waals surface area contributed by atoms with Crippen LogP contribution in [0.15, 0.2) is 11.4 Å². The number of thiophene rings is 1. The standard InChI is InChI=1S/C16H21N3O3S/c1-3-22-16(21)13-5-4-7-19(10-13)11(2)14(20)18-15-12(9-17)6-8-23-15/h6,8,11,13H,3-5,7,10H2,1-2H3,(H,18,20)/t11-,13-/m0/s1. The fraction of sp³-hybridized carbons (Fsp3) is 0.562. The Labute approximate surface area is 140 Å². The van der Waals surface area contributed by atoms with Crippen LogP contribution in [0, 0.1) is 17.2 Å². The van der Waals surface area contributed by atoms with E-state index in [1.807, 2.05) is 11.8 Å². The van der Waals surface area contributed by atoms with Crippen LogP contribution in [0.25, 0.3) is 0 Å². The number of likely N-dealkylation sites (tertiary alicyclic amines) is 1. The van der Waals surface area contributed by atoms with Crippen LogP contribution in [0.1, 0.15) is 32.3 Å². The quantitative estimate of drug-likeness (QED) is 0.834. The zero-order chi connectivity index (χ0) is 16.8. The number of hydrogen-bond acceptors (Lipinski definition) is 6. The Balaban J connectivity index is 1.96. The third-order valence-electron chi connectivity index (χ3n) is 4.02. The summed E-state index contributed by atoms with van der Waals surface area (Å²) in [5, 5.41) is 14.2. The number of nitriles is 1. The highest BCUT2D eigenvalue weighted by Gasteiger charge is 2.31. The van der Waals surface area contributed by atoms with Crippen molar-refractivity contribution in [1.82, 2.24) is 4.90 Å². The normalized spacial score (nSPS) is 19.6. The van der Waals surface area contributed by atoms with Crippen molar-refractivity contribution in [3.63, 3.8) is 0 Å². The molecule has 0 aliphatic carbocycles. The molecule has 1 aromatic rings. The fourth-order valence-corrected chi connectivity index (χ4v) is 3.43. The molecular formula is C16H21N3O3S. The molecule has 1 fully saturated rings. The number of amides is 1. The van der Waals surface area contributed by atoms with Crippen molar-refractivity contribution >= 4 is 28.2 Å². The summed E-state index contributed by atoms with van der Waals surface area (Å²) in [4.78, 5) is 26.3. The molecule has 0 spiro atoms. The van der Waals surface area contributed by atoms with E-state index in [1.165, 1.54) is 11.3 Å². The predicted molar refractivity (Wildman–Crippen MR) is 88.1 cm³/mol. The molecule has 0 bridgehead atoms. The smallest absolute Gasteiger partial charge is 0.310 e. The number of anilines is 1. The Morgan fingerprint density at radius 3 is 3.09 bits per heavy atom. The largest absolute Gasteiger partial charge is 0.466 e. The van der Waals surface area contributed by atoms with E-state index in [2.05, 4.69) is 11.4 Å². The Kier molecular flexibility index (Phi) is 6.13. The molecule has 1 amide bonds. The van der Waals surface area contributed by atoms with Crippen molar-refractivity contribution in [3.05, 3.63) is 17.0 Å². The van der Waals surface area contributed by atoms with Crippen molar-refractivity contribution in [2.75, 3.05) is 25.0 Å². The van der Waals surface area contributed by atoms with E-state index in [0.29, 0.717) is 23.7 Å². The van der Waals surface area contributed by atoms with Crippen molar-refractivity contribution in [3.8, 4) is 6.07 Å². The molecule has 1 aromatic heterocycles. The average Bonchev–Trinajstić information content (AvgIpc) is 3.01. The first-order chi connectivity index (χ1) is 11.1. The molecule has 1 saturated heterocycles. The second-order valence-corrected chi connectivity index (χ2v) is 6.44. The maximum atomic E-state index is 12.4. The van der Waals surface area contributed by atoms with Crippen LogP contribution >= 0.6 is 11.3 Å². The Hall–Kier alpha value is -1.91. The molecule has 0 unspecified atom stereocenters. The number of carbonyl (C=O) groups is 2. The van der Waals surface area contributed by atoms with E-state index in [-0.39, 0.29) is 23.8 Å². The fourth-order valence-electron chi connectivity index (χ4n) is 2.69. The number of piperidine rings is 1. The summed E-state index contributed by atoms with van der Waals surface area (Å²) in [7, 11) is 0. The summed E-state index contributed by atoms with van der Waals surface area (Å²) in [6.07, 6.45) is 1.66. The zero-order valence-corrected chi connectivity index (χ0v) is 14.2. The third kappa shape index (κ3) is 4.30. The van der Waals surface area contributed by atoms with Gasteiger partial charge in [-0.2, -0.15) is 5.26 Å². The predicted octanol–water partition coefficient (Wildman–Crippen LogP) is 2.22. The summed E-state index contributed by atoms with van der Waals surface area (Å²) < 4.78 is 5.08. The van der Waals surface area contributed by atoms with E-state index in [0.717, 1.165) is 19.4 Å². The SMILES string of the molecule is CCOC(=O)[C@H]1CCCN([C@@H](C)C(=O)Nc2sccc2C#N)C1. The molecule has 6 nitrogen and oxygen atoms in total. The van der Waals surface area contributed by atoms with Gasteiger partial charge in [0, 0.05) is 6.54 Å². The van der Waals surface area contributed by atoms with Gasteiger partial charge in [-0.15, -0.1) is 11.3 Å². The molecule has 0 radical (unpaired) electrons. The number of nitrogens with one attached hydrogen (secondary N) is 1. The van der Waals surface area contributed by atoms with E-state index < -0.39 is 0 Å². The summed E-state index contributed by atoms with van der Waals surface area (Å²) in [5.41, 5.74) is 0.471. The first-order valence-corrected chi connectivity index (χ1v) is 8.64. The molecular weight excluding hydrogens is 314 g/mol. The first-order valence-electron chi connectivity index (χ1n) is 7.76. The minimum Gasteiger partial charge on any atom is -0.466 e. The van der Waals surface area contributed by atoms with Crippen LogP contribution in [0.5, 0.6) is 0 Å². The Morgan fingerprint density at radius 1 is 1.61 bits per heavy atom. The molecule has 2 atom stereocenters. The van der Waals surface area contributed by atoms with Crippen LogP contribution in [0.4, 0.5) is 5.00 Å². The van der Waals surface area contributed by atoms with Crippen molar-refractivity contribution in [1.29, 1.82) is 5.26 Å². The number of esters is 1. The summed E-state index contributed by atoms with van der Waals surface area (Å²) in [6, 6.07) is 3.38. The molecule has 1 aliphatic heterocycles. The minimum absolute atomic E-state index is 0.159. The highest BCUT2D eigenvalue weighted by molar-refractivity contribution is 7.14.